The summed E-state index contributed by atoms with van der Waals surface area (Å²) in [6.07, 6.45) is -0.448. The molecule has 0 saturated carbocycles. The van der Waals surface area contributed by atoms with E-state index >= 15 is 0 Å². The first-order valence-electron chi connectivity index (χ1n) is 6.36. The van der Waals surface area contributed by atoms with Gasteiger partial charge in [-0.05, 0) is 26.8 Å². The number of hydrogen-bond donors (Lipinski definition) is 1. The lowest BCUT2D eigenvalue weighted by atomic mass is 10.1. The average molecular weight is 256 g/mol. The maximum atomic E-state index is 12.2. The second-order valence-corrected chi connectivity index (χ2v) is 5.14. The first kappa shape index (κ1) is 13.3. The molecule has 2 fully saturated rings. The number of rotatable bonds is 2. The molecule has 2 aliphatic heterocycles. The molecule has 6 nitrogen and oxygen atoms in total. The maximum Gasteiger partial charge on any atom is 0.332 e. The molecule has 2 rings (SSSR count). The van der Waals surface area contributed by atoms with Crippen LogP contribution in [-0.4, -0.2) is 71.7 Å². The van der Waals surface area contributed by atoms with E-state index < -0.39 is 18.2 Å². The number of piperazine rings is 1. The van der Waals surface area contributed by atoms with Gasteiger partial charge in [0.25, 0.3) is 5.91 Å². The van der Waals surface area contributed by atoms with Gasteiger partial charge in [-0.2, -0.15) is 0 Å². The third-order valence-electron chi connectivity index (χ3n) is 3.84. The Morgan fingerprint density at radius 2 is 1.89 bits per heavy atom. The van der Waals surface area contributed by atoms with Crippen LogP contribution in [0.5, 0.6) is 0 Å². The highest BCUT2D eigenvalue weighted by Crippen LogP contribution is 2.22. The molecule has 0 bridgehead atoms. The number of nitrogens with zero attached hydrogens (tertiary/aromatic N) is 2. The van der Waals surface area contributed by atoms with Crippen LogP contribution in [0.15, 0.2) is 0 Å². The molecule has 1 amide bonds. The van der Waals surface area contributed by atoms with Crippen molar-refractivity contribution in [2.45, 2.75) is 38.0 Å². The summed E-state index contributed by atoms with van der Waals surface area (Å²) in [5.74, 6) is -1.03. The van der Waals surface area contributed by atoms with Gasteiger partial charge in [0, 0.05) is 25.7 Å². The molecule has 0 radical (unpaired) electrons. The summed E-state index contributed by atoms with van der Waals surface area (Å²) < 4.78 is 5.30. The number of carbonyl (C=O) groups is 2. The van der Waals surface area contributed by atoms with Crippen molar-refractivity contribution in [1.82, 2.24) is 9.80 Å². The fraction of sp³-hybridized carbons (Fsp3) is 0.833. The molecule has 3 atom stereocenters. The standard InChI is InChI=1S/C12H20N2O4/c1-8-7-14(6-5-13(8)2)11(15)9-3-4-10(18-9)12(16)17/h8-10H,3-7H2,1-2H3,(H,16,17)/t8?,9-,10+/m0/s1. The number of hydrogen-bond acceptors (Lipinski definition) is 4. The van der Waals surface area contributed by atoms with Gasteiger partial charge in [0.2, 0.25) is 0 Å². The van der Waals surface area contributed by atoms with Crippen LogP contribution in [0.25, 0.3) is 0 Å². The number of aliphatic carboxylic acids is 1. The molecule has 1 N–H and O–H groups in total. The minimum absolute atomic E-state index is 0.0568. The summed E-state index contributed by atoms with van der Waals surface area (Å²) >= 11 is 0. The summed E-state index contributed by atoms with van der Waals surface area (Å²) in [4.78, 5) is 27.0. The Morgan fingerprint density at radius 1 is 1.22 bits per heavy atom. The van der Waals surface area contributed by atoms with Gasteiger partial charge in [-0.25, -0.2) is 4.79 Å². The van der Waals surface area contributed by atoms with Crippen molar-refractivity contribution in [2.24, 2.45) is 0 Å². The molecular weight excluding hydrogens is 236 g/mol. The highest BCUT2D eigenvalue weighted by atomic mass is 16.5. The Balaban J connectivity index is 1.90. The maximum absolute atomic E-state index is 12.2. The van der Waals surface area contributed by atoms with Crippen molar-refractivity contribution in [1.29, 1.82) is 0 Å². The lowest BCUT2D eigenvalue weighted by molar-refractivity contribution is -0.155. The van der Waals surface area contributed by atoms with Crippen LogP contribution in [0.4, 0.5) is 0 Å². The minimum Gasteiger partial charge on any atom is -0.479 e. The molecule has 18 heavy (non-hydrogen) atoms. The number of likely N-dealkylation sites (N-methyl/N-ethyl adjacent to an activating group) is 1. The average Bonchev–Trinajstić information content (AvgIpc) is 2.81. The fourth-order valence-electron chi connectivity index (χ4n) is 2.45. The summed E-state index contributed by atoms with van der Waals surface area (Å²) in [6, 6.07) is 0.333. The van der Waals surface area contributed by atoms with Crippen LogP contribution in [0.1, 0.15) is 19.8 Å². The molecule has 2 aliphatic rings. The number of carbonyl (C=O) groups excluding carboxylic acids is 1. The second kappa shape index (κ2) is 5.24. The zero-order valence-electron chi connectivity index (χ0n) is 10.8. The lowest BCUT2D eigenvalue weighted by Gasteiger charge is -2.38. The number of amides is 1. The molecule has 102 valence electrons. The van der Waals surface area contributed by atoms with Gasteiger partial charge in [-0.15, -0.1) is 0 Å². The summed E-state index contributed by atoms with van der Waals surface area (Å²) in [7, 11) is 2.04. The van der Waals surface area contributed by atoms with Crippen molar-refractivity contribution < 1.29 is 19.4 Å². The molecule has 0 spiro atoms. The molecule has 0 aliphatic carbocycles. The smallest absolute Gasteiger partial charge is 0.332 e. The molecule has 2 heterocycles. The Morgan fingerprint density at radius 3 is 2.44 bits per heavy atom. The SMILES string of the molecule is CC1CN(C(=O)[C@@H]2CC[C@H](C(=O)O)O2)CCN1C. The van der Waals surface area contributed by atoms with E-state index in [0.717, 1.165) is 6.54 Å². The largest absolute Gasteiger partial charge is 0.479 e. The van der Waals surface area contributed by atoms with Crippen molar-refractivity contribution in [3.8, 4) is 0 Å². The van der Waals surface area contributed by atoms with Crippen molar-refractivity contribution in [3.63, 3.8) is 0 Å². The number of ether oxygens (including phenoxy) is 1. The second-order valence-electron chi connectivity index (χ2n) is 5.14. The van der Waals surface area contributed by atoms with Crippen molar-refractivity contribution in [2.75, 3.05) is 26.7 Å². The fourth-order valence-corrected chi connectivity index (χ4v) is 2.45. The van der Waals surface area contributed by atoms with Gasteiger partial charge in [0.05, 0.1) is 0 Å². The van der Waals surface area contributed by atoms with E-state index in [-0.39, 0.29) is 5.91 Å². The summed E-state index contributed by atoms with van der Waals surface area (Å²) in [6.45, 7) is 4.31. The topological polar surface area (TPSA) is 70.1 Å². The predicted octanol–water partition coefficient (Wildman–Crippen LogP) is -0.219. The van der Waals surface area contributed by atoms with E-state index in [1.165, 1.54) is 0 Å². The molecule has 2 saturated heterocycles. The summed E-state index contributed by atoms with van der Waals surface area (Å²) in [5.41, 5.74) is 0. The van der Waals surface area contributed by atoms with E-state index in [0.29, 0.717) is 32.0 Å². The van der Waals surface area contributed by atoms with Crippen LogP contribution < -0.4 is 0 Å². The molecule has 1 unspecified atom stereocenters. The Bertz CT molecular complexity index is 347. The number of carboxylic acids is 1. The van der Waals surface area contributed by atoms with E-state index in [1.54, 1.807) is 4.90 Å². The Hall–Kier alpha value is -1.14. The van der Waals surface area contributed by atoms with Gasteiger partial charge in [0.15, 0.2) is 6.10 Å². The van der Waals surface area contributed by atoms with E-state index in [4.69, 9.17) is 9.84 Å². The van der Waals surface area contributed by atoms with E-state index in [1.807, 2.05) is 7.05 Å². The third kappa shape index (κ3) is 2.64. The predicted molar refractivity (Wildman–Crippen MR) is 64.2 cm³/mol. The lowest BCUT2D eigenvalue weighted by Crippen LogP contribution is -2.54. The van der Waals surface area contributed by atoms with Crippen LogP contribution in [-0.2, 0) is 14.3 Å². The van der Waals surface area contributed by atoms with Crippen LogP contribution in [0, 0.1) is 0 Å². The molecule has 6 heteroatoms. The molecule has 0 aromatic carbocycles. The van der Waals surface area contributed by atoms with Crippen LogP contribution in [0.3, 0.4) is 0 Å². The van der Waals surface area contributed by atoms with Gasteiger partial charge >= 0.3 is 5.97 Å². The first-order chi connectivity index (χ1) is 8.49. The van der Waals surface area contributed by atoms with E-state index in [2.05, 4.69) is 11.8 Å². The zero-order valence-corrected chi connectivity index (χ0v) is 10.8. The van der Waals surface area contributed by atoms with Crippen molar-refractivity contribution in [3.05, 3.63) is 0 Å². The monoisotopic (exact) mass is 256 g/mol. The quantitative estimate of drug-likeness (QED) is 0.739. The first-order valence-corrected chi connectivity index (χ1v) is 6.36. The molecular formula is C12H20N2O4. The molecule has 0 aromatic heterocycles. The minimum atomic E-state index is -0.975. The summed E-state index contributed by atoms with van der Waals surface area (Å²) in [5, 5.41) is 8.84. The number of carboxylic acid groups (broad SMARTS) is 1. The van der Waals surface area contributed by atoms with Crippen molar-refractivity contribution >= 4 is 11.9 Å². The van der Waals surface area contributed by atoms with E-state index in [9.17, 15) is 9.59 Å². The zero-order chi connectivity index (χ0) is 13.3. The van der Waals surface area contributed by atoms with Crippen LogP contribution in [0.2, 0.25) is 0 Å². The Labute approximate surface area is 106 Å². The normalized spacial score (nSPS) is 33.7. The highest BCUT2D eigenvalue weighted by molar-refractivity contribution is 5.82. The van der Waals surface area contributed by atoms with Crippen LogP contribution >= 0.6 is 0 Å². The highest BCUT2D eigenvalue weighted by Gasteiger charge is 2.38. The van der Waals surface area contributed by atoms with Gasteiger partial charge in [-0.3, -0.25) is 4.79 Å². The third-order valence-corrected chi connectivity index (χ3v) is 3.84. The van der Waals surface area contributed by atoms with Gasteiger partial charge in [-0.1, -0.05) is 0 Å². The van der Waals surface area contributed by atoms with Gasteiger partial charge < -0.3 is 19.6 Å². The van der Waals surface area contributed by atoms with Gasteiger partial charge in [0.1, 0.15) is 6.10 Å². The molecule has 0 aromatic rings. The Kier molecular flexibility index (Phi) is 3.87.